The summed E-state index contributed by atoms with van der Waals surface area (Å²) in [6.45, 7) is 0. The number of anilines is 1. The summed E-state index contributed by atoms with van der Waals surface area (Å²) in [5, 5.41) is 7.77. The van der Waals surface area contributed by atoms with Crippen LogP contribution in [0.25, 0.3) is 0 Å². The first-order chi connectivity index (χ1) is 12.7. The molecule has 1 aliphatic heterocycles. The van der Waals surface area contributed by atoms with Gasteiger partial charge in [0.2, 0.25) is 5.91 Å². The lowest BCUT2D eigenvalue weighted by Gasteiger charge is -2.26. The quantitative estimate of drug-likeness (QED) is 0.910. The van der Waals surface area contributed by atoms with E-state index >= 15 is 0 Å². The van der Waals surface area contributed by atoms with E-state index in [1.54, 1.807) is 7.11 Å². The molecule has 5 nitrogen and oxygen atoms in total. The van der Waals surface area contributed by atoms with E-state index in [-0.39, 0.29) is 11.8 Å². The Morgan fingerprint density at radius 1 is 1.12 bits per heavy atom. The van der Waals surface area contributed by atoms with Gasteiger partial charge < -0.3 is 10.1 Å². The number of aryl methyl sites for hydroxylation is 2. The molecule has 2 aromatic rings. The number of benzene rings is 1. The number of amides is 1. The van der Waals surface area contributed by atoms with Gasteiger partial charge in [0.1, 0.15) is 11.6 Å². The van der Waals surface area contributed by atoms with Gasteiger partial charge >= 0.3 is 0 Å². The molecule has 1 aromatic heterocycles. The van der Waals surface area contributed by atoms with Gasteiger partial charge in [-0.15, -0.1) is 0 Å². The Hall–Kier alpha value is -2.30. The van der Waals surface area contributed by atoms with Gasteiger partial charge in [-0.2, -0.15) is 5.10 Å². The fraction of sp³-hybridized carbons (Fsp3) is 0.524. The zero-order valence-corrected chi connectivity index (χ0v) is 15.3. The average Bonchev–Trinajstić information content (AvgIpc) is 3.38. The number of carbonyl (C=O) groups is 1. The second kappa shape index (κ2) is 6.15. The zero-order valence-electron chi connectivity index (χ0n) is 15.3. The van der Waals surface area contributed by atoms with Crippen LogP contribution in [0.5, 0.6) is 5.75 Å². The third-order valence-corrected chi connectivity index (χ3v) is 6.34. The number of hydrogen-bond acceptors (Lipinski definition) is 3. The Balaban J connectivity index is 1.60. The van der Waals surface area contributed by atoms with Gasteiger partial charge in [0.05, 0.1) is 19.3 Å². The lowest BCUT2D eigenvalue weighted by Crippen LogP contribution is -2.26. The highest BCUT2D eigenvalue weighted by Gasteiger charge is 2.34. The number of hydrogen-bond donors (Lipinski definition) is 1. The Morgan fingerprint density at radius 2 is 1.88 bits per heavy atom. The SMILES string of the molecule is COc1cc2c(cc1C1CC(=O)Nc3c1cnn3C1CCCC1)CCC2. The second-order valence-electron chi connectivity index (χ2n) is 7.85. The van der Waals surface area contributed by atoms with Crippen LogP contribution in [0.15, 0.2) is 18.3 Å². The smallest absolute Gasteiger partial charge is 0.226 e. The molecule has 1 unspecified atom stereocenters. The first-order valence-electron chi connectivity index (χ1n) is 9.81. The molecular weight excluding hydrogens is 326 g/mol. The molecule has 1 fully saturated rings. The highest BCUT2D eigenvalue weighted by atomic mass is 16.5. The number of rotatable bonds is 3. The van der Waals surface area contributed by atoms with Gasteiger partial charge in [-0.1, -0.05) is 18.9 Å². The van der Waals surface area contributed by atoms with Crippen molar-refractivity contribution >= 4 is 11.7 Å². The number of nitrogens with zero attached hydrogens (tertiary/aromatic N) is 2. The molecule has 136 valence electrons. The van der Waals surface area contributed by atoms with Crippen molar-refractivity contribution in [3.05, 3.63) is 40.6 Å². The number of methoxy groups -OCH3 is 1. The first-order valence-corrected chi connectivity index (χ1v) is 9.81. The summed E-state index contributed by atoms with van der Waals surface area (Å²) in [5.41, 5.74) is 5.08. The summed E-state index contributed by atoms with van der Waals surface area (Å²) in [5.74, 6) is 1.91. The van der Waals surface area contributed by atoms with Gasteiger partial charge in [-0.25, -0.2) is 4.68 Å². The minimum atomic E-state index is 0.0229. The van der Waals surface area contributed by atoms with E-state index in [9.17, 15) is 4.79 Å². The molecule has 0 radical (unpaired) electrons. The highest BCUT2D eigenvalue weighted by Crippen LogP contribution is 2.44. The van der Waals surface area contributed by atoms with Crippen molar-refractivity contribution in [2.75, 3.05) is 12.4 Å². The van der Waals surface area contributed by atoms with Crippen molar-refractivity contribution in [2.45, 2.75) is 63.3 Å². The van der Waals surface area contributed by atoms with Crippen molar-refractivity contribution in [1.29, 1.82) is 0 Å². The maximum Gasteiger partial charge on any atom is 0.226 e. The molecule has 1 saturated carbocycles. The predicted molar refractivity (Wildman–Crippen MR) is 99.8 cm³/mol. The van der Waals surface area contributed by atoms with Crippen LogP contribution in [0.1, 0.15) is 72.7 Å². The topological polar surface area (TPSA) is 56.1 Å². The molecule has 0 spiro atoms. The van der Waals surface area contributed by atoms with Crippen molar-refractivity contribution in [1.82, 2.24) is 9.78 Å². The lowest BCUT2D eigenvalue weighted by molar-refractivity contribution is -0.116. The molecule has 5 rings (SSSR count). The van der Waals surface area contributed by atoms with Crippen LogP contribution in [-0.4, -0.2) is 22.8 Å². The molecule has 1 aromatic carbocycles. The van der Waals surface area contributed by atoms with Gasteiger partial charge in [0.15, 0.2) is 0 Å². The summed E-state index contributed by atoms with van der Waals surface area (Å²) >= 11 is 0. The molecule has 2 aliphatic carbocycles. The lowest BCUT2D eigenvalue weighted by atomic mass is 9.85. The molecule has 2 heterocycles. The van der Waals surface area contributed by atoms with Crippen LogP contribution in [0.3, 0.4) is 0 Å². The van der Waals surface area contributed by atoms with Crippen LogP contribution in [0, 0.1) is 0 Å². The molecule has 1 amide bonds. The van der Waals surface area contributed by atoms with Crippen LogP contribution >= 0.6 is 0 Å². The first kappa shape index (κ1) is 15.9. The summed E-state index contributed by atoms with van der Waals surface area (Å²) in [6.07, 6.45) is 10.7. The van der Waals surface area contributed by atoms with Gasteiger partial charge in [0.25, 0.3) is 0 Å². The molecule has 0 saturated heterocycles. The predicted octanol–water partition coefficient (Wildman–Crippen LogP) is 3.97. The van der Waals surface area contributed by atoms with Crippen LogP contribution in [-0.2, 0) is 17.6 Å². The number of fused-ring (bicyclic) bond motifs is 2. The summed E-state index contributed by atoms with van der Waals surface area (Å²) < 4.78 is 7.78. The highest BCUT2D eigenvalue weighted by molar-refractivity contribution is 5.94. The number of nitrogens with one attached hydrogen (secondary N) is 1. The molecule has 5 heteroatoms. The van der Waals surface area contributed by atoms with Gasteiger partial charge in [0, 0.05) is 23.5 Å². The monoisotopic (exact) mass is 351 g/mol. The van der Waals surface area contributed by atoms with E-state index in [0.29, 0.717) is 12.5 Å². The molecule has 0 bridgehead atoms. The van der Waals surface area contributed by atoms with Gasteiger partial charge in [-0.3, -0.25) is 4.79 Å². The van der Waals surface area contributed by atoms with Crippen LogP contribution in [0.2, 0.25) is 0 Å². The molecule has 26 heavy (non-hydrogen) atoms. The maximum atomic E-state index is 12.5. The number of carbonyl (C=O) groups excluding carboxylic acids is 1. The average molecular weight is 351 g/mol. The Labute approximate surface area is 153 Å². The van der Waals surface area contributed by atoms with E-state index in [1.807, 2.05) is 6.20 Å². The van der Waals surface area contributed by atoms with Gasteiger partial charge in [-0.05, 0) is 49.3 Å². The third-order valence-electron chi connectivity index (χ3n) is 6.34. The fourth-order valence-electron chi connectivity index (χ4n) is 5.01. The van der Waals surface area contributed by atoms with E-state index in [4.69, 9.17) is 4.74 Å². The second-order valence-corrected chi connectivity index (χ2v) is 7.85. The largest absolute Gasteiger partial charge is 0.496 e. The summed E-state index contributed by atoms with van der Waals surface area (Å²) in [7, 11) is 1.73. The van der Waals surface area contributed by atoms with E-state index < -0.39 is 0 Å². The number of aromatic nitrogens is 2. The fourth-order valence-corrected chi connectivity index (χ4v) is 5.01. The molecule has 3 aliphatic rings. The molecule has 1 N–H and O–H groups in total. The molecular formula is C21H25N3O2. The van der Waals surface area contributed by atoms with Crippen molar-refractivity contribution in [3.8, 4) is 5.75 Å². The zero-order chi connectivity index (χ0) is 17.7. The van der Waals surface area contributed by atoms with Crippen molar-refractivity contribution in [2.24, 2.45) is 0 Å². The summed E-state index contributed by atoms with van der Waals surface area (Å²) in [4.78, 5) is 12.5. The Kier molecular flexibility index (Phi) is 3.76. The van der Waals surface area contributed by atoms with Crippen molar-refractivity contribution < 1.29 is 9.53 Å². The number of ether oxygens (including phenoxy) is 1. The van der Waals surface area contributed by atoms with Crippen molar-refractivity contribution in [3.63, 3.8) is 0 Å². The Morgan fingerprint density at radius 3 is 2.65 bits per heavy atom. The normalized spacial score (nSPS) is 22.2. The van der Waals surface area contributed by atoms with E-state index in [0.717, 1.165) is 48.4 Å². The van der Waals surface area contributed by atoms with Crippen LogP contribution in [0.4, 0.5) is 5.82 Å². The summed E-state index contributed by atoms with van der Waals surface area (Å²) in [6, 6.07) is 4.88. The maximum absolute atomic E-state index is 12.5. The Bertz CT molecular complexity index is 864. The van der Waals surface area contributed by atoms with Crippen LogP contribution < -0.4 is 10.1 Å². The van der Waals surface area contributed by atoms with E-state index in [1.165, 1.54) is 30.4 Å². The minimum Gasteiger partial charge on any atom is -0.496 e. The standard InChI is InChI=1S/C21H25N3O2/c1-26-19-10-14-6-4-5-13(14)9-17(19)16-11-20(25)23-21-18(16)12-22-24(21)15-7-2-3-8-15/h9-10,12,15-16H,2-8,11H2,1H3,(H,23,25). The van der Waals surface area contributed by atoms with E-state index in [2.05, 4.69) is 27.2 Å². The minimum absolute atomic E-state index is 0.0229. The molecule has 1 atom stereocenters. The third kappa shape index (κ3) is 2.44.